The Morgan fingerprint density at radius 2 is 2.04 bits per heavy atom. The summed E-state index contributed by atoms with van der Waals surface area (Å²) in [5.41, 5.74) is 0.626. The van der Waals surface area contributed by atoms with Crippen LogP contribution in [-0.4, -0.2) is 46.0 Å². The van der Waals surface area contributed by atoms with Crippen molar-refractivity contribution in [2.75, 3.05) is 25.0 Å². The van der Waals surface area contributed by atoms with Gasteiger partial charge in [-0.05, 0) is 39.5 Å². The normalized spacial score (nSPS) is 16.7. The maximum Gasteiger partial charge on any atom is 0.410 e. The minimum absolute atomic E-state index is 0.212. The van der Waals surface area contributed by atoms with Crippen molar-refractivity contribution in [2.45, 2.75) is 59.1 Å². The first-order chi connectivity index (χ1) is 10.7. The summed E-state index contributed by atoms with van der Waals surface area (Å²) < 4.78 is 7.45. The van der Waals surface area contributed by atoms with Crippen LogP contribution in [0.25, 0.3) is 0 Å². The van der Waals surface area contributed by atoms with Crippen molar-refractivity contribution in [3.63, 3.8) is 0 Å². The lowest BCUT2D eigenvalue weighted by atomic mass is 10.1. The Morgan fingerprint density at radius 3 is 2.61 bits per heavy atom. The molecule has 0 spiro atoms. The first-order valence-electron chi connectivity index (χ1n) is 8.50. The molecule has 1 saturated heterocycles. The number of piperidine rings is 1. The van der Waals surface area contributed by atoms with E-state index in [1.54, 1.807) is 4.90 Å². The highest BCUT2D eigenvalue weighted by Crippen LogP contribution is 2.24. The predicted molar refractivity (Wildman–Crippen MR) is 91.6 cm³/mol. The number of carbonyl (C=O) groups is 1. The molecule has 0 atom stereocenters. The number of aromatic nitrogens is 2. The van der Waals surface area contributed by atoms with Gasteiger partial charge in [-0.15, -0.1) is 0 Å². The van der Waals surface area contributed by atoms with Crippen LogP contribution < -0.4 is 5.32 Å². The zero-order valence-electron chi connectivity index (χ0n) is 15.0. The van der Waals surface area contributed by atoms with Crippen molar-refractivity contribution in [1.82, 2.24) is 14.7 Å². The Balaban J connectivity index is 1.83. The molecule has 0 bridgehead atoms. The van der Waals surface area contributed by atoms with Crippen LogP contribution in [-0.2, 0) is 4.74 Å². The number of hydrogen-bond donors (Lipinski definition) is 1. The Hall–Kier alpha value is -1.72. The summed E-state index contributed by atoms with van der Waals surface area (Å²) in [7, 11) is 0. The molecule has 1 amide bonds. The molecule has 0 radical (unpaired) electrons. The zero-order valence-corrected chi connectivity index (χ0v) is 15.0. The lowest BCUT2D eigenvalue weighted by molar-refractivity contribution is 0.0185. The molecule has 23 heavy (non-hydrogen) atoms. The highest BCUT2D eigenvalue weighted by Gasteiger charge is 2.27. The molecule has 0 aliphatic carbocycles. The molecule has 1 N–H and O–H groups in total. The number of amides is 1. The molecule has 1 aromatic heterocycles. The van der Waals surface area contributed by atoms with Crippen molar-refractivity contribution in [3.8, 4) is 0 Å². The monoisotopic (exact) mass is 322 g/mol. The van der Waals surface area contributed by atoms with Crippen molar-refractivity contribution < 1.29 is 9.53 Å². The minimum atomic E-state index is -0.438. The fraction of sp³-hybridized carbons (Fsp3) is 0.765. The van der Waals surface area contributed by atoms with E-state index in [1.807, 2.05) is 31.6 Å². The maximum atomic E-state index is 12.1. The molecule has 6 nitrogen and oxygen atoms in total. The van der Waals surface area contributed by atoms with Crippen molar-refractivity contribution in [3.05, 3.63) is 12.4 Å². The fourth-order valence-corrected chi connectivity index (χ4v) is 2.59. The van der Waals surface area contributed by atoms with E-state index in [4.69, 9.17) is 4.74 Å². The number of rotatable bonds is 4. The largest absolute Gasteiger partial charge is 0.444 e. The van der Waals surface area contributed by atoms with E-state index in [0.29, 0.717) is 25.0 Å². The van der Waals surface area contributed by atoms with Gasteiger partial charge < -0.3 is 15.0 Å². The molecular weight excluding hydrogens is 292 g/mol. The molecular formula is C17H30N4O2. The topological polar surface area (TPSA) is 59.4 Å². The van der Waals surface area contributed by atoms with Gasteiger partial charge in [-0.25, -0.2) is 4.79 Å². The van der Waals surface area contributed by atoms with Gasteiger partial charge in [0.2, 0.25) is 0 Å². The molecule has 1 aliphatic rings. The molecule has 6 heteroatoms. The van der Waals surface area contributed by atoms with E-state index in [9.17, 15) is 4.79 Å². The smallest absolute Gasteiger partial charge is 0.410 e. The van der Waals surface area contributed by atoms with E-state index in [0.717, 1.165) is 25.1 Å². The van der Waals surface area contributed by atoms with Gasteiger partial charge in [0.05, 0.1) is 17.9 Å². The van der Waals surface area contributed by atoms with Crippen LogP contribution in [0, 0.1) is 5.92 Å². The summed E-state index contributed by atoms with van der Waals surface area (Å²) in [6, 6.07) is 0.350. The van der Waals surface area contributed by atoms with Gasteiger partial charge in [0.15, 0.2) is 0 Å². The third kappa shape index (κ3) is 5.44. The second-order valence-corrected chi connectivity index (χ2v) is 7.68. The van der Waals surface area contributed by atoms with E-state index >= 15 is 0 Å². The summed E-state index contributed by atoms with van der Waals surface area (Å²) in [5, 5.41) is 7.86. The van der Waals surface area contributed by atoms with Gasteiger partial charge in [0.25, 0.3) is 0 Å². The maximum absolute atomic E-state index is 12.1. The quantitative estimate of drug-likeness (QED) is 0.921. The van der Waals surface area contributed by atoms with Crippen molar-refractivity contribution in [1.29, 1.82) is 0 Å². The Bertz CT molecular complexity index is 511. The third-order valence-corrected chi connectivity index (χ3v) is 3.81. The molecule has 1 aliphatic heterocycles. The first-order valence-corrected chi connectivity index (χ1v) is 8.50. The van der Waals surface area contributed by atoms with Crippen LogP contribution in [0.1, 0.15) is 53.5 Å². The van der Waals surface area contributed by atoms with Crippen LogP contribution in [0.3, 0.4) is 0 Å². The zero-order chi connectivity index (χ0) is 17.0. The number of nitrogens with zero attached hydrogens (tertiary/aromatic N) is 3. The molecule has 130 valence electrons. The number of likely N-dealkylation sites (tertiary alicyclic amines) is 1. The molecule has 0 saturated carbocycles. The highest BCUT2D eigenvalue weighted by molar-refractivity contribution is 5.68. The van der Waals surface area contributed by atoms with E-state index in [1.165, 1.54) is 0 Å². The van der Waals surface area contributed by atoms with E-state index in [-0.39, 0.29) is 6.09 Å². The van der Waals surface area contributed by atoms with Crippen LogP contribution in [0.2, 0.25) is 0 Å². The van der Waals surface area contributed by atoms with Crippen molar-refractivity contribution in [2.24, 2.45) is 5.92 Å². The molecule has 2 rings (SSSR count). The molecule has 1 fully saturated rings. The summed E-state index contributed by atoms with van der Waals surface area (Å²) in [5.74, 6) is 0.607. The van der Waals surface area contributed by atoms with Gasteiger partial charge in [0.1, 0.15) is 5.60 Å². The Morgan fingerprint density at radius 1 is 1.39 bits per heavy atom. The average Bonchev–Trinajstić information content (AvgIpc) is 2.92. The minimum Gasteiger partial charge on any atom is -0.444 e. The average molecular weight is 322 g/mol. The molecule has 1 aromatic rings. The predicted octanol–water partition coefficient (Wildman–Crippen LogP) is 3.52. The standard InChI is InChI=1S/C17H30N4O2/c1-13(2)10-18-14-11-19-21(12-14)15-6-8-20(9-7-15)16(22)23-17(3,4)5/h11-13,15,18H,6-10H2,1-5H3. The number of ether oxygens (including phenoxy) is 1. The number of anilines is 1. The Labute approximate surface area is 139 Å². The fourth-order valence-electron chi connectivity index (χ4n) is 2.59. The van der Waals surface area contributed by atoms with Crippen LogP contribution in [0.5, 0.6) is 0 Å². The lowest BCUT2D eigenvalue weighted by Crippen LogP contribution is -2.42. The molecule has 2 heterocycles. The summed E-state index contributed by atoms with van der Waals surface area (Å²) >= 11 is 0. The lowest BCUT2D eigenvalue weighted by Gasteiger charge is -2.33. The number of nitrogens with one attached hydrogen (secondary N) is 1. The van der Waals surface area contributed by atoms with Crippen molar-refractivity contribution >= 4 is 11.8 Å². The SMILES string of the molecule is CC(C)CNc1cnn(C2CCN(C(=O)OC(C)(C)C)CC2)c1. The van der Waals surface area contributed by atoms with E-state index in [2.05, 4.69) is 30.5 Å². The highest BCUT2D eigenvalue weighted by atomic mass is 16.6. The Kier molecular flexibility index (Phi) is 5.55. The van der Waals surface area contributed by atoms with Gasteiger partial charge in [0, 0.05) is 25.8 Å². The van der Waals surface area contributed by atoms with Crippen LogP contribution in [0.15, 0.2) is 12.4 Å². The first kappa shape index (κ1) is 17.6. The summed E-state index contributed by atoms with van der Waals surface area (Å²) in [6.45, 7) is 12.4. The molecule has 0 unspecified atom stereocenters. The summed E-state index contributed by atoms with van der Waals surface area (Å²) in [4.78, 5) is 13.9. The molecule has 0 aromatic carbocycles. The number of hydrogen-bond acceptors (Lipinski definition) is 4. The van der Waals surface area contributed by atoms with Crippen LogP contribution in [0.4, 0.5) is 10.5 Å². The number of carbonyl (C=O) groups excluding carboxylic acids is 1. The summed E-state index contributed by atoms with van der Waals surface area (Å²) in [6.07, 6.45) is 5.55. The van der Waals surface area contributed by atoms with Gasteiger partial charge in [-0.2, -0.15) is 5.10 Å². The second kappa shape index (κ2) is 7.23. The van der Waals surface area contributed by atoms with Gasteiger partial charge in [-0.3, -0.25) is 4.68 Å². The second-order valence-electron chi connectivity index (χ2n) is 7.68. The van der Waals surface area contributed by atoms with Crippen LogP contribution >= 0.6 is 0 Å². The van der Waals surface area contributed by atoms with E-state index < -0.39 is 5.60 Å². The van der Waals surface area contributed by atoms with Gasteiger partial charge >= 0.3 is 6.09 Å². The van der Waals surface area contributed by atoms with Gasteiger partial charge in [-0.1, -0.05) is 13.8 Å². The third-order valence-electron chi connectivity index (χ3n) is 3.81.